The van der Waals surface area contributed by atoms with Gasteiger partial charge in [-0.3, -0.25) is 9.59 Å². The van der Waals surface area contributed by atoms with Crippen LogP contribution in [0.5, 0.6) is 0 Å². The van der Waals surface area contributed by atoms with E-state index in [-0.39, 0.29) is 5.56 Å². The predicted molar refractivity (Wildman–Crippen MR) is 108 cm³/mol. The number of alkyl halides is 3. The summed E-state index contributed by atoms with van der Waals surface area (Å²) in [5.41, 5.74) is 0.228. The Morgan fingerprint density at radius 2 is 1.80 bits per heavy atom. The van der Waals surface area contributed by atoms with E-state index < -0.39 is 29.4 Å². The molecule has 1 aromatic heterocycles. The van der Waals surface area contributed by atoms with E-state index in [0.717, 1.165) is 39.0 Å². The summed E-state index contributed by atoms with van der Waals surface area (Å²) < 4.78 is 38.4. The number of carbonyl (C=O) groups is 1. The fourth-order valence-electron chi connectivity index (χ4n) is 3.42. The first-order valence-corrected chi connectivity index (χ1v) is 10.1. The second-order valence-electron chi connectivity index (χ2n) is 6.88. The van der Waals surface area contributed by atoms with E-state index in [9.17, 15) is 22.8 Å². The maximum atomic E-state index is 12.8. The van der Waals surface area contributed by atoms with Crippen molar-refractivity contribution < 1.29 is 18.0 Å². The number of H-pyrrole nitrogens is 1. The molecule has 1 aliphatic heterocycles. The average molecular weight is 430 g/mol. The number of nitrogens with one attached hydrogen (secondary N) is 2. The van der Waals surface area contributed by atoms with Crippen LogP contribution in [0.2, 0.25) is 0 Å². The van der Waals surface area contributed by atoms with Gasteiger partial charge in [-0.1, -0.05) is 49.0 Å². The minimum Gasteiger partial charge on any atom is -0.341 e. The number of carbonyl (C=O) groups excluding carboxylic acids is 1. The highest BCUT2D eigenvalue weighted by Gasteiger charge is 2.33. The van der Waals surface area contributed by atoms with Crippen LogP contribution >= 0.6 is 11.8 Å². The molecule has 1 unspecified atom stereocenters. The number of fused-ring (bicyclic) bond motifs is 2. The molecule has 0 aliphatic carbocycles. The molecule has 4 rings (SSSR count). The molecule has 8 heteroatoms. The van der Waals surface area contributed by atoms with Gasteiger partial charge in [0, 0.05) is 9.79 Å². The molecule has 0 bridgehead atoms. The molecule has 0 radical (unpaired) electrons. The summed E-state index contributed by atoms with van der Waals surface area (Å²) in [6, 6.07) is 14.7. The summed E-state index contributed by atoms with van der Waals surface area (Å²) in [6.45, 7) is 2.03. The Morgan fingerprint density at radius 3 is 2.50 bits per heavy atom. The third-order valence-electron chi connectivity index (χ3n) is 4.98. The summed E-state index contributed by atoms with van der Waals surface area (Å²) >= 11 is 1.59. The number of benzene rings is 2. The Bertz CT molecular complexity index is 1190. The van der Waals surface area contributed by atoms with E-state index in [1.165, 1.54) is 0 Å². The highest BCUT2D eigenvalue weighted by molar-refractivity contribution is 7.99. The summed E-state index contributed by atoms with van der Waals surface area (Å²) in [7, 11) is 0. The Labute approximate surface area is 174 Å². The van der Waals surface area contributed by atoms with Crippen molar-refractivity contribution >= 4 is 17.7 Å². The number of aromatic amines is 1. The lowest BCUT2D eigenvalue weighted by Gasteiger charge is -2.29. The number of hydrogen-bond acceptors (Lipinski definition) is 3. The molecule has 2 heterocycles. The molecule has 1 amide bonds. The molecule has 0 fully saturated rings. The van der Waals surface area contributed by atoms with Gasteiger partial charge in [-0.2, -0.15) is 13.2 Å². The predicted octanol–water partition coefficient (Wildman–Crippen LogP) is 4.94. The van der Waals surface area contributed by atoms with Gasteiger partial charge in [-0.15, -0.1) is 0 Å². The van der Waals surface area contributed by atoms with Gasteiger partial charge in [0.2, 0.25) is 0 Å². The largest absolute Gasteiger partial charge is 0.431 e. The maximum absolute atomic E-state index is 12.8. The van der Waals surface area contributed by atoms with Gasteiger partial charge >= 0.3 is 6.18 Å². The standard InChI is InChI=1S/C22H17F3N2O2S/c1-2-12-7-9-17-15(11-12)19(13-5-3-4-6-16(13)30-17)27-21(29)14-8-10-18(22(23,24)25)26-20(14)28/h3-11,19H,2H2,1H3,(H,26,28)(H,27,29). The van der Waals surface area contributed by atoms with Crippen molar-refractivity contribution in [2.24, 2.45) is 0 Å². The van der Waals surface area contributed by atoms with Gasteiger partial charge in [0.05, 0.1) is 6.04 Å². The van der Waals surface area contributed by atoms with Crippen LogP contribution in [-0.4, -0.2) is 10.9 Å². The fraction of sp³-hybridized carbons (Fsp3) is 0.182. The Morgan fingerprint density at radius 1 is 1.07 bits per heavy atom. The Kier molecular flexibility index (Phi) is 5.19. The number of aromatic nitrogens is 1. The first kappa shape index (κ1) is 20.3. The smallest absolute Gasteiger partial charge is 0.341 e. The third kappa shape index (κ3) is 3.75. The number of amides is 1. The molecule has 0 spiro atoms. The monoisotopic (exact) mass is 430 g/mol. The molecule has 30 heavy (non-hydrogen) atoms. The second kappa shape index (κ2) is 7.68. The topological polar surface area (TPSA) is 62.0 Å². The SMILES string of the molecule is CCc1ccc2c(c1)C(NC(=O)c1ccc(C(F)(F)F)[nH]c1=O)c1ccccc1S2. The summed E-state index contributed by atoms with van der Waals surface area (Å²) in [5, 5.41) is 2.84. The average Bonchev–Trinajstić information content (AvgIpc) is 2.72. The molecular formula is C22H17F3N2O2S. The molecule has 3 aromatic rings. The zero-order chi connectivity index (χ0) is 21.5. The summed E-state index contributed by atoms with van der Waals surface area (Å²) in [6.07, 6.45) is -3.87. The second-order valence-corrected chi connectivity index (χ2v) is 7.97. The van der Waals surface area contributed by atoms with E-state index in [1.807, 2.05) is 49.4 Å². The van der Waals surface area contributed by atoms with Crippen LogP contribution in [-0.2, 0) is 12.6 Å². The molecular weight excluding hydrogens is 413 g/mol. The molecule has 0 saturated heterocycles. The number of halogens is 3. The highest BCUT2D eigenvalue weighted by Crippen LogP contribution is 2.45. The van der Waals surface area contributed by atoms with E-state index in [2.05, 4.69) is 5.32 Å². The van der Waals surface area contributed by atoms with Crippen LogP contribution in [0.3, 0.4) is 0 Å². The summed E-state index contributed by atoms with van der Waals surface area (Å²) in [4.78, 5) is 28.7. The molecule has 4 nitrogen and oxygen atoms in total. The molecule has 2 N–H and O–H groups in total. The van der Waals surface area contributed by atoms with Crippen molar-refractivity contribution in [3.05, 3.63) is 92.9 Å². The van der Waals surface area contributed by atoms with Crippen molar-refractivity contribution in [1.29, 1.82) is 0 Å². The zero-order valence-corrected chi connectivity index (χ0v) is 16.7. The fourth-order valence-corrected chi connectivity index (χ4v) is 4.53. The number of rotatable bonds is 3. The van der Waals surface area contributed by atoms with Gasteiger partial charge in [0.15, 0.2) is 0 Å². The lowest BCUT2D eigenvalue weighted by molar-refractivity contribution is -0.141. The zero-order valence-electron chi connectivity index (χ0n) is 15.8. The Balaban J connectivity index is 1.73. The number of aryl methyl sites for hydroxylation is 1. The molecule has 1 atom stereocenters. The third-order valence-corrected chi connectivity index (χ3v) is 6.16. The van der Waals surface area contributed by atoms with Crippen LogP contribution in [0.4, 0.5) is 13.2 Å². The van der Waals surface area contributed by atoms with Crippen LogP contribution in [0.1, 0.15) is 45.7 Å². The first-order chi connectivity index (χ1) is 14.3. The minimum atomic E-state index is -4.69. The van der Waals surface area contributed by atoms with Gasteiger partial charge in [0.25, 0.3) is 11.5 Å². The normalized spacial score (nSPS) is 15.3. The van der Waals surface area contributed by atoms with E-state index in [1.54, 1.807) is 16.7 Å². The maximum Gasteiger partial charge on any atom is 0.431 e. The molecule has 154 valence electrons. The van der Waals surface area contributed by atoms with E-state index >= 15 is 0 Å². The van der Waals surface area contributed by atoms with E-state index in [0.29, 0.717) is 6.07 Å². The summed E-state index contributed by atoms with van der Waals surface area (Å²) in [5.74, 6) is -0.732. The lowest BCUT2D eigenvalue weighted by Crippen LogP contribution is -2.35. The molecule has 2 aromatic carbocycles. The minimum absolute atomic E-state index is 0.369. The van der Waals surface area contributed by atoms with Crippen molar-refractivity contribution in [3.8, 4) is 0 Å². The molecule has 0 saturated carbocycles. The van der Waals surface area contributed by atoms with Gasteiger partial charge < -0.3 is 10.3 Å². The van der Waals surface area contributed by atoms with Crippen LogP contribution in [0, 0.1) is 0 Å². The Hall–Kier alpha value is -3.00. The van der Waals surface area contributed by atoms with Crippen LogP contribution in [0.25, 0.3) is 0 Å². The van der Waals surface area contributed by atoms with Crippen LogP contribution < -0.4 is 10.9 Å². The van der Waals surface area contributed by atoms with Gasteiger partial charge in [0.1, 0.15) is 11.3 Å². The first-order valence-electron chi connectivity index (χ1n) is 9.29. The van der Waals surface area contributed by atoms with Gasteiger partial charge in [-0.25, -0.2) is 0 Å². The van der Waals surface area contributed by atoms with E-state index in [4.69, 9.17) is 0 Å². The molecule has 1 aliphatic rings. The lowest BCUT2D eigenvalue weighted by atomic mass is 9.95. The van der Waals surface area contributed by atoms with Crippen molar-refractivity contribution in [2.45, 2.75) is 35.4 Å². The quantitative estimate of drug-likeness (QED) is 0.619. The van der Waals surface area contributed by atoms with Gasteiger partial charge in [-0.05, 0) is 47.4 Å². The van der Waals surface area contributed by atoms with Crippen molar-refractivity contribution in [2.75, 3.05) is 0 Å². The number of hydrogen-bond donors (Lipinski definition) is 2. The van der Waals surface area contributed by atoms with Crippen LogP contribution in [0.15, 0.2) is 69.2 Å². The number of pyridine rings is 1. The van der Waals surface area contributed by atoms with Crippen molar-refractivity contribution in [3.63, 3.8) is 0 Å². The highest BCUT2D eigenvalue weighted by atomic mass is 32.2. The van der Waals surface area contributed by atoms with Crippen molar-refractivity contribution in [1.82, 2.24) is 10.3 Å².